The third kappa shape index (κ3) is 2.72. The maximum absolute atomic E-state index is 13.2. The molecular formula is C17H25N5O. The fraction of sp³-hybridized carbons (Fsp3) is 0.588. The third-order valence-corrected chi connectivity index (χ3v) is 4.84. The first kappa shape index (κ1) is 15.9. The number of hydrogen-bond acceptors (Lipinski definition) is 4. The fourth-order valence-corrected chi connectivity index (χ4v) is 3.64. The molecule has 0 aliphatic carbocycles. The van der Waals surface area contributed by atoms with Gasteiger partial charge in [-0.2, -0.15) is 5.10 Å². The summed E-state index contributed by atoms with van der Waals surface area (Å²) in [4.78, 5) is 19.7. The van der Waals surface area contributed by atoms with Crippen molar-refractivity contribution in [2.75, 3.05) is 13.1 Å². The summed E-state index contributed by atoms with van der Waals surface area (Å²) < 4.78 is 1.74. The number of nitrogens with two attached hydrogens (primary N) is 1. The van der Waals surface area contributed by atoms with Crippen molar-refractivity contribution < 1.29 is 4.79 Å². The van der Waals surface area contributed by atoms with E-state index >= 15 is 0 Å². The Hall–Kier alpha value is -1.95. The molecule has 2 aromatic rings. The van der Waals surface area contributed by atoms with Crippen LogP contribution in [0, 0.1) is 19.8 Å². The van der Waals surface area contributed by atoms with Crippen LogP contribution in [0.3, 0.4) is 0 Å². The van der Waals surface area contributed by atoms with Gasteiger partial charge in [-0.05, 0) is 38.7 Å². The molecule has 124 valence electrons. The SMILES string of the molecule is Cc1cc(C(=O)N2CCC(C)CC2CN)c2c(C)nn(C)c2n1. The first-order valence-corrected chi connectivity index (χ1v) is 8.24. The number of fused-ring (bicyclic) bond motifs is 1. The number of carbonyl (C=O) groups is 1. The van der Waals surface area contributed by atoms with Crippen molar-refractivity contribution in [1.82, 2.24) is 19.7 Å². The van der Waals surface area contributed by atoms with Crippen molar-refractivity contribution in [3.8, 4) is 0 Å². The van der Waals surface area contributed by atoms with E-state index in [-0.39, 0.29) is 11.9 Å². The standard InChI is InChI=1S/C17H25N5O/c1-10-5-6-22(13(7-10)9-18)17(23)14-8-11(2)19-16-15(14)12(3)20-21(16)4/h8,10,13H,5-7,9,18H2,1-4H3. The van der Waals surface area contributed by atoms with Crippen molar-refractivity contribution in [2.45, 2.75) is 39.7 Å². The lowest BCUT2D eigenvalue weighted by atomic mass is 9.91. The maximum atomic E-state index is 13.2. The van der Waals surface area contributed by atoms with Crippen LogP contribution in [-0.2, 0) is 7.05 Å². The van der Waals surface area contributed by atoms with Gasteiger partial charge in [0.25, 0.3) is 5.91 Å². The maximum Gasteiger partial charge on any atom is 0.255 e. The molecule has 6 nitrogen and oxygen atoms in total. The van der Waals surface area contributed by atoms with E-state index in [0.29, 0.717) is 18.0 Å². The lowest BCUT2D eigenvalue weighted by Crippen LogP contribution is -2.49. The van der Waals surface area contributed by atoms with Crippen LogP contribution in [0.2, 0.25) is 0 Å². The number of rotatable bonds is 2. The van der Waals surface area contributed by atoms with Crippen LogP contribution in [0.4, 0.5) is 0 Å². The Balaban J connectivity index is 2.07. The monoisotopic (exact) mass is 315 g/mol. The molecule has 6 heteroatoms. The molecule has 1 fully saturated rings. The minimum absolute atomic E-state index is 0.0546. The highest BCUT2D eigenvalue weighted by atomic mass is 16.2. The molecule has 1 amide bonds. The van der Waals surface area contributed by atoms with Crippen molar-refractivity contribution in [1.29, 1.82) is 0 Å². The highest BCUT2D eigenvalue weighted by Crippen LogP contribution is 2.27. The predicted molar refractivity (Wildman–Crippen MR) is 90.3 cm³/mol. The molecule has 0 saturated carbocycles. The smallest absolute Gasteiger partial charge is 0.255 e. The third-order valence-electron chi connectivity index (χ3n) is 4.84. The summed E-state index contributed by atoms with van der Waals surface area (Å²) in [6.07, 6.45) is 2.00. The van der Waals surface area contributed by atoms with Gasteiger partial charge in [0.1, 0.15) is 0 Å². The molecule has 1 aliphatic heterocycles. The summed E-state index contributed by atoms with van der Waals surface area (Å²) in [6, 6.07) is 2.00. The molecule has 0 radical (unpaired) electrons. The topological polar surface area (TPSA) is 77.0 Å². The van der Waals surface area contributed by atoms with Crippen LogP contribution in [0.5, 0.6) is 0 Å². The van der Waals surface area contributed by atoms with Gasteiger partial charge in [-0.1, -0.05) is 6.92 Å². The lowest BCUT2D eigenvalue weighted by molar-refractivity contribution is 0.0575. The van der Waals surface area contributed by atoms with Gasteiger partial charge in [0, 0.05) is 31.9 Å². The molecule has 2 atom stereocenters. The van der Waals surface area contributed by atoms with Crippen LogP contribution < -0.4 is 5.73 Å². The Morgan fingerprint density at radius 3 is 2.87 bits per heavy atom. The Bertz CT molecular complexity index is 751. The van der Waals surface area contributed by atoms with Gasteiger partial charge < -0.3 is 10.6 Å². The van der Waals surface area contributed by atoms with Crippen molar-refractivity contribution >= 4 is 16.9 Å². The average molecular weight is 315 g/mol. The predicted octanol–water partition coefficient (Wildman–Crippen LogP) is 1.78. The fourth-order valence-electron chi connectivity index (χ4n) is 3.64. The number of amides is 1. The van der Waals surface area contributed by atoms with E-state index in [0.717, 1.165) is 41.8 Å². The minimum Gasteiger partial charge on any atom is -0.334 e. The average Bonchev–Trinajstić information content (AvgIpc) is 2.80. The second-order valence-corrected chi connectivity index (χ2v) is 6.74. The summed E-state index contributed by atoms with van der Waals surface area (Å²) in [5, 5.41) is 5.29. The number of aromatic nitrogens is 3. The second kappa shape index (κ2) is 5.92. The summed E-state index contributed by atoms with van der Waals surface area (Å²) in [5.74, 6) is 0.672. The summed E-state index contributed by atoms with van der Waals surface area (Å²) in [7, 11) is 1.86. The van der Waals surface area contributed by atoms with E-state index < -0.39 is 0 Å². The summed E-state index contributed by atoms with van der Waals surface area (Å²) >= 11 is 0. The summed E-state index contributed by atoms with van der Waals surface area (Å²) in [6.45, 7) is 7.34. The van der Waals surface area contributed by atoms with Crippen LogP contribution >= 0.6 is 0 Å². The molecule has 1 aliphatic rings. The molecule has 3 rings (SSSR count). The first-order chi connectivity index (χ1) is 10.9. The normalized spacial score (nSPS) is 21.9. The Morgan fingerprint density at radius 1 is 1.43 bits per heavy atom. The largest absolute Gasteiger partial charge is 0.334 e. The van der Waals surface area contributed by atoms with E-state index in [1.807, 2.05) is 31.9 Å². The summed E-state index contributed by atoms with van der Waals surface area (Å²) in [5.41, 5.74) is 9.06. The van der Waals surface area contributed by atoms with Gasteiger partial charge in [-0.15, -0.1) is 0 Å². The molecule has 23 heavy (non-hydrogen) atoms. The van der Waals surface area contributed by atoms with Crippen LogP contribution in [0.1, 0.15) is 41.5 Å². The number of hydrogen-bond donors (Lipinski definition) is 1. The van der Waals surface area contributed by atoms with Gasteiger partial charge in [-0.25, -0.2) is 4.98 Å². The van der Waals surface area contributed by atoms with Gasteiger partial charge in [0.2, 0.25) is 0 Å². The van der Waals surface area contributed by atoms with Gasteiger partial charge in [-0.3, -0.25) is 9.48 Å². The molecule has 2 unspecified atom stereocenters. The van der Waals surface area contributed by atoms with Crippen LogP contribution in [-0.4, -0.2) is 44.7 Å². The lowest BCUT2D eigenvalue weighted by Gasteiger charge is -2.38. The molecular weight excluding hydrogens is 290 g/mol. The quantitative estimate of drug-likeness (QED) is 0.916. The Kier molecular flexibility index (Phi) is 4.10. The van der Waals surface area contributed by atoms with Crippen molar-refractivity contribution in [3.63, 3.8) is 0 Å². The number of likely N-dealkylation sites (tertiary alicyclic amines) is 1. The van der Waals surface area contributed by atoms with Crippen molar-refractivity contribution in [3.05, 3.63) is 23.0 Å². The Labute approximate surface area is 136 Å². The highest BCUT2D eigenvalue weighted by molar-refractivity contribution is 6.06. The molecule has 1 saturated heterocycles. The van der Waals surface area contributed by atoms with Crippen LogP contribution in [0.15, 0.2) is 6.07 Å². The molecule has 2 aromatic heterocycles. The van der Waals surface area contributed by atoms with Gasteiger partial charge >= 0.3 is 0 Å². The number of piperidine rings is 1. The zero-order chi connectivity index (χ0) is 16.7. The van der Waals surface area contributed by atoms with E-state index in [1.54, 1.807) is 4.68 Å². The van der Waals surface area contributed by atoms with Gasteiger partial charge in [0.05, 0.1) is 16.6 Å². The van der Waals surface area contributed by atoms with E-state index in [9.17, 15) is 4.79 Å². The van der Waals surface area contributed by atoms with E-state index in [4.69, 9.17) is 5.73 Å². The number of aryl methyl sites for hydroxylation is 3. The van der Waals surface area contributed by atoms with E-state index in [2.05, 4.69) is 17.0 Å². The number of carbonyl (C=O) groups excluding carboxylic acids is 1. The second-order valence-electron chi connectivity index (χ2n) is 6.74. The number of nitrogens with zero attached hydrogens (tertiary/aromatic N) is 4. The zero-order valence-corrected chi connectivity index (χ0v) is 14.3. The minimum atomic E-state index is 0.0546. The molecule has 3 heterocycles. The molecule has 0 bridgehead atoms. The Morgan fingerprint density at radius 2 is 2.17 bits per heavy atom. The van der Waals surface area contributed by atoms with Crippen molar-refractivity contribution in [2.24, 2.45) is 18.7 Å². The van der Waals surface area contributed by atoms with E-state index in [1.165, 1.54) is 0 Å². The first-order valence-electron chi connectivity index (χ1n) is 8.24. The molecule has 2 N–H and O–H groups in total. The highest BCUT2D eigenvalue weighted by Gasteiger charge is 2.31. The van der Waals surface area contributed by atoms with Crippen LogP contribution in [0.25, 0.3) is 11.0 Å². The molecule has 0 aromatic carbocycles. The van der Waals surface area contributed by atoms with Gasteiger partial charge in [0.15, 0.2) is 5.65 Å². The number of pyridine rings is 1. The zero-order valence-electron chi connectivity index (χ0n) is 14.3. The molecule has 0 spiro atoms.